The summed E-state index contributed by atoms with van der Waals surface area (Å²) in [5.74, 6) is 0.740. The van der Waals surface area contributed by atoms with Gasteiger partial charge in [-0.05, 0) is 30.2 Å². The van der Waals surface area contributed by atoms with Crippen molar-refractivity contribution in [3.63, 3.8) is 0 Å². The predicted molar refractivity (Wildman–Crippen MR) is 66.6 cm³/mol. The van der Waals surface area contributed by atoms with Gasteiger partial charge in [-0.3, -0.25) is 4.79 Å². The quantitative estimate of drug-likeness (QED) is 0.741. The van der Waals surface area contributed by atoms with E-state index >= 15 is 0 Å². The van der Waals surface area contributed by atoms with Crippen LogP contribution in [0.5, 0.6) is 0 Å². The van der Waals surface area contributed by atoms with E-state index in [1.807, 2.05) is 13.8 Å². The molecule has 0 radical (unpaired) electrons. The second-order valence-corrected chi connectivity index (χ2v) is 5.50. The molecular weight excluding hydrogens is 261 g/mol. The highest BCUT2D eigenvalue weighted by Crippen LogP contribution is 2.30. The molecule has 0 aliphatic heterocycles. The van der Waals surface area contributed by atoms with E-state index < -0.39 is 11.7 Å². The van der Waals surface area contributed by atoms with Crippen LogP contribution in [0.4, 0.5) is 13.2 Å². The van der Waals surface area contributed by atoms with Crippen molar-refractivity contribution in [1.29, 1.82) is 0 Å². The number of ketones is 1. The van der Waals surface area contributed by atoms with E-state index in [9.17, 15) is 18.0 Å². The summed E-state index contributed by atoms with van der Waals surface area (Å²) in [7, 11) is 0. The molecule has 1 rings (SSSR count). The summed E-state index contributed by atoms with van der Waals surface area (Å²) < 4.78 is 36.9. The van der Waals surface area contributed by atoms with Crippen molar-refractivity contribution in [2.75, 3.05) is 5.75 Å². The van der Waals surface area contributed by atoms with Gasteiger partial charge in [0, 0.05) is 11.3 Å². The molecule has 18 heavy (non-hydrogen) atoms. The minimum atomic E-state index is -4.31. The Bertz CT molecular complexity index is 396. The van der Waals surface area contributed by atoms with E-state index in [0.29, 0.717) is 23.0 Å². The third-order valence-electron chi connectivity index (χ3n) is 2.22. The van der Waals surface area contributed by atoms with Gasteiger partial charge >= 0.3 is 6.18 Å². The van der Waals surface area contributed by atoms with Crippen LogP contribution < -0.4 is 0 Å². The zero-order chi connectivity index (χ0) is 13.8. The highest BCUT2D eigenvalue weighted by atomic mass is 32.2. The molecule has 0 bridgehead atoms. The third-order valence-corrected chi connectivity index (χ3v) is 3.29. The molecule has 0 amide bonds. The molecule has 0 fully saturated rings. The fraction of sp³-hybridized carbons (Fsp3) is 0.462. The van der Waals surface area contributed by atoms with Crippen molar-refractivity contribution < 1.29 is 18.0 Å². The summed E-state index contributed by atoms with van der Waals surface area (Å²) >= 11 is 1.27. The van der Waals surface area contributed by atoms with Crippen molar-refractivity contribution in [2.24, 2.45) is 5.92 Å². The van der Waals surface area contributed by atoms with Crippen molar-refractivity contribution in [3.8, 4) is 0 Å². The smallest absolute Gasteiger partial charge is 0.299 e. The number of halogens is 3. The monoisotopic (exact) mass is 276 g/mol. The molecule has 0 saturated carbocycles. The molecule has 0 atom stereocenters. The fourth-order valence-electron chi connectivity index (χ4n) is 1.42. The number of carbonyl (C=O) groups excluding carboxylic acids is 1. The second kappa shape index (κ2) is 6.27. The van der Waals surface area contributed by atoms with Gasteiger partial charge in [0.15, 0.2) is 0 Å². The van der Waals surface area contributed by atoms with Gasteiger partial charge in [0.1, 0.15) is 5.78 Å². The normalized spacial score (nSPS) is 11.9. The topological polar surface area (TPSA) is 17.1 Å². The number of carbonyl (C=O) groups is 1. The average Bonchev–Trinajstić information content (AvgIpc) is 2.25. The lowest BCUT2D eigenvalue weighted by atomic mass is 10.1. The van der Waals surface area contributed by atoms with E-state index in [1.54, 1.807) is 0 Å². The molecular formula is C13H15F3OS. The number of thioether (sulfide) groups is 1. The molecule has 0 saturated heterocycles. The molecule has 0 aliphatic carbocycles. The fourth-order valence-corrected chi connectivity index (χ4v) is 2.19. The molecule has 0 spiro atoms. The third kappa shape index (κ3) is 5.12. The lowest BCUT2D eigenvalue weighted by molar-refractivity contribution is -0.137. The highest BCUT2D eigenvalue weighted by Gasteiger charge is 2.29. The van der Waals surface area contributed by atoms with Crippen LogP contribution in [-0.2, 0) is 11.0 Å². The van der Waals surface area contributed by atoms with Crippen molar-refractivity contribution in [2.45, 2.75) is 31.3 Å². The zero-order valence-electron chi connectivity index (χ0n) is 10.3. The highest BCUT2D eigenvalue weighted by molar-refractivity contribution is 8.00. The first-order chi connectivity index (χ1) is 8.29. The first-order valence-corrected chi connectivity index (χ1v) is 6.59. The molecule has 0 aromatic heterocycles. The summed E-state index contributed by atoms with van der Waals surface area (Å²) in [6.07, 6.45) is -3.80. The van der Waals surface area contributed by atoms with Crippen molar-refractivity contribution in [1.82, 2.24) is 0 Å². The van der Waals surface area contributed by atoms with Crippen LogP contribution in [-0.4, -0.2) is 11.5 Å². The van der Waals surface area contributed by atoms with Crippen molar-refractivity contribution in [3.05, 3.63) is 29.8 Å². The molecule has 1 aromatic rings. The number of benzene rings is 1. The van der Waals surface area contributed by atoms with Gasteiger partial charge in [-0.25, -0.2) is 0 Å². The largest absolute Gasteiger partial charge is 0.416 e. The molecule has 0 aliphatic rings. The summed E-state index contributed by atoms with van der Waals surface area (Å²) in [5.41, 5.74) is -0.666. The van der Waals surface area contributed by atoms with Crippen LogP contribution in [0.25, 0.3) is 0 Å². The van der Waals surface area contributed by atoms with Gasteiger partial charge in [-0.15, -0.1) is 11.8 Å². The predicted octanol–water partition coefficient (Wildman–Crippen LogP) is 4.41. The molecule has 100 valence electrons. The van der Waals surface area contributed by atoms with E-state index in [0.717, 1.165) is 12.1 Å². The molecule has 0 unspecified atom stereocenters. The minimum absolute atomic E-state index is 0.120. The summed E-state index contributed by atoms with van der Waals surface area (Å²) in [5, 5.41) is 0. The van der Waals surface area contributed by atoms with Gasteiger partial charge in [-0.2, -0.15) is 13.2 Å². The standard InChI is InChI=1S/C13H15F3OS/c1-9(2)7-11(17)8-18-12-5-3-10(4-6-12)13(14,15)16/h3-6,9H,7-8H2,1-2H3. The van der Waals surface area contributed by atoms with E-state index in [2.05, 4.69) is 0 Å². The first kappa shape index (κ1) is 15.1. The van der Waals surface area contributed by atoms with Gasteiger partial charge < -0.3 is 0 Å². The van der Waals surface area contributed by atoms with E-state index in [4.69, 9.17) is 0 Å². The lowest BCUT2D eigenvalue weighted by Crippen LogP contribution is -2.06. The van der Waals surface area contributed by atoms with E-state index in [-0.39, 0.29) is 5.78 Å². The van der Waals surface area contributed by atoms with Crippen LogP contribution in [0.1, 0.15) is 25.8 Å². The average molecular weight is 276 g/mol. The molecule has 1 nitrogen and oxygen atoms in total. The summed E-state index contributed by atoms with van der Waals surface area (Å²) in [6, 6.07) is 4.87. The van der Waals surface area contributed by atoms with Gasteiger partial charge in [0.25, 0.3) is 0 Å². The summed E-state index contributed by atoms with van der Waals surface area (Å²) in [6.45, 7) is 3.92. The maximum absolute atomic E-state index is 12.3. The molecule has 0 heterocycles. The Morgan fingerprint density at radius 1 is 1.22 bits per heavy atom. The Morgan fingerprint density at radius 3 is 2.22 bits per heavy atom. The zero-order valence-corrected chi connectivity index (χ0v) is 11.1. The summed E-state index contributed by atoms with van der Waals surface area (Å²) in [4.78, 5) is 12.1. The van der Waals surface area contributed by atoms with Crippen LogP contribution in [0.2, 0.25) is 0 Å². The van der Waals surface area contributed by atoms with Crippen LogP contribution in [0, 0.1) is 5.92 Å². The Morgan fingerprint density at radius 2 is 1.78 bits per heavy atom. The second-order valence-electron chi connectivity index (χ2n) is 4.45. The van der Waals surface area contributed by atoms with Gasteiger partial charge in [0.05, 0.1) is 11.3 Å². The number of rotatable bonds is 5. The first-order valence-electron chi connectivity index (χ1n) is 5.61. The number of alkyl halides is 3. The van der Waals surface area contributed by atoms with Crippen molar-refractivity contribution >= 4 is 17.5 Å². The molecule has 1 aromatic carbocycles. The van der Waals surface area contributed by atoms with Gasteiger partial charge in [-0.1, -0.05) is 13.8 Å². The Kier molecular flexibility index (Phi) is 5.26. The minimum Gasteiger partial charge on any atom is -0.299 e. The SMILES string of the molecule is CC(C)CC(=O)CSc1ccc(C(F)(F)F)cc1. The Balaban J connectivity index is 2.52. The number of hydrogen-bond acceptors (Lipinski definition) is 2. The Labute approximate surface area is 109 Å². The van der Waals surface area contributed by atoms with Crippen LogP contribution >= 0.6 is 11.8 Å². The van der Waals surface area contributed by atoms with E-state index in [1.165, 1.54) is 23.9 Å². The maximum atomic E-state index is 12.3. The molecule has 0 N–H and O–H groups in total. The lowest BCUT2D eigenvalue weighted by Gasteiger charge is -2.07. The number of hydrogen-bond donors (Lipinski definition) is 0. The van der Waals surface area contributed by atoms with Gasteiger partial charge in [0.2, 0.25) is 0 Å². The Hall–Kier alpha value is -0.970. The van der Waals surface area contributed by atoms with Crippen LogP contribution in [0.15, 0.2) is 29.2 Å². The molecule has 5 heteroatoms. The maximum Gasteiger partial charge on any atom is 0.416 e. The van der Waals surface area contributed by atoms with Crippen LogP contribution in [0.3, 0.4) is 0 Å². The number of Topliss-reactive ketones (excluding diaryl/α,β-unsaturated/α-hetero) is 1.